The molecule has 0 spiro atoms. The van der Waals surface area contributed by atoms with E-state index in [1.807, 2.05) is 0 Å². The van der Waals surface area contributed by atoms with E-state index in [0.717, 1.165) is 4.68 Å². The van der Waals surface area contributed by atoms with Crippen LogP contribution >= 0.6 is 11.6 Å². The van der Waals surface area contributed by atoms with Crippen molar-refractivity contribution < 1.29 is 5.11 Å². The molecule has 1 rings (SSSR count). The summed E-state index contributed by atoms with van der Waals surface area (Å²) < 4.78 is 1.11. The van der Waals surface area contributed by atoms with Crippen molar-refractivity contribution in [2.45, 2.75) is 6.54 Å². The van der Waals surface area contributed by atoms with Gasteiger partial charge in [-0.05, 0) is 0 Å². The molecule has 0 aliphatic heterocycles. The summed E-state index contributed by atoms with van der Waals surface area (Å²) in [5, 5.41) is 15.2. The van der Waals surface area contributed by atoms with Crippen LogP contribution in [0.25, 0.3) is 0 Å². The summed E-state index contributed by atoms with van der Waals surface area (Å²) in [6.07, 6.45) is 1.44. The fourth-order valence-corrected chi connectivity index (χ4v) is 1.13. The molecule has 0 bridgehead atoms. The number of halogens is 1. The van der Waals surface area contributed by atoms with Gasteiger partial charge < -0.3 is 10.4 Å². The van der Waals surface area contributed by atoms with Crippen LogP contribution in [0.3, 0.4) is 0 Å². The Labute approximate surface area is 80.0 Å². The van der Waals surface area contributed by atoms with Gasteiger partial charge in [0.2, 0.25) is 0 Å². The third-order valence-electron chi connectivity index (χ3n) is 1.57. The van der Waals surface area contributed by atoms with Crippen molar-refractivity contribution in [3.8, 4) is 0 Å². The SMILES string of the molecule is CNc1cnn(CCO)c(=O)c1Cl. The molecular weight excluding hydrogens is 194 g/mol. The first kappa shape index (κ1) is 10.0. The van der Waals surface area contributed by atoms with Crippen LogP contribution in [-0.4, -0.2) is 28.5 Å². The Morgan fingerprint density at radius 2 is 2.46 bits per heavy atom. The van der Waals surface area contributed by atoms with Crippen molar-refractivity contribution in [3.63, 3.8) is 0 Å². The molecule has 0 radical (unpaired) electrons. The average molecular weight is 204 g/mol. The first-order valence-corrected chi connectivity index (χ1v) is 4.12. The van der Waals surface area contributed by atoms with E-state index >= 15 is 0 Å². The molecule has 2 N–H and O–H groups in total. The maximum absolute atomic E-state index is 11.4. The maximum atomic E-state index is 11.4. The molecule has 1 aromatic heterocycles. The number of aliphatic hydroxyl groups excluding tert-OH is 1. The number of aliphatic hydroxyl groups is 1. The van der Waals surface area contributed by atoms with Gasteiger partial charge in [-0.2, -0.15) is 5.10 Å². The predicted molar refractivity (Wildman–Crippen MR) is 50.1 cm³/mol. The molecule has 0 saturated heterocycles. The van der Waals surface area contributed by atoms with Gasteiger partial charge in [0.1, 0.15) is 5.02 Å². The van der Waals surface area contributed by atoms with Crippen LogP contribution in [0.2, 0.25) is 5.02 Å². The minimum atomic E-state index is -0.400. The van der Waals surface area contributed by atoms with Gasteiger partial charge in [-0.1, -0.05) is 11.6 Å². The van der Waals surface area contributed by atoms with Gasteiger partial charge in [-0.3, -0.25) is 4.79 Å². The molecule has 6 heteroatoms. The fraction of sp³-hybridized carbons (Fsp3) is 0.429. The molecule has 1 aromatic rings. The van der Waals surface area contributed by atoms with E-state index in [1.165, 1.54) is 6.20 Å². The van der Waals surface area contributed by atoms with E-state index in [9.17, 15) is 4.79 Å². The molecule has 5 nitrogen and oxygen atoms in total. The molecule has 0 fully saturated rings. The zero-order valence-electron chi connectivity index (χ0n) is 7.12. The highest BCUT2D eigenvalue weighted by atomic mass is 35.5. The van der Waals surface area contributed by atoms with Gasteiger partial charge in [0, 0.05) is 7.05 Å². The lowest BCUT2D eigenvalue weighted by Gasteiger charge is -2.05. The smallest absolute Gasteiger partial charge is 0.287 e. The van der Waals surface area contributed by atoms with Crippen molar-refractivity contribution in [1.82, 2.24) is 9.78 Å². The molecule has 0 aliphatic carbocycles. The molecule has 0 amide bonds. The number of aromatic nitrogens is 2. The van der Waals surface area contributed by atoms with Crippen LogP contribution in [0.5, 0.6) is 0 Å². The molecule has 0 unspecified atom stereocenters. The fourth-order valence-electron chi connectivity index (χ4n) is 0.893. The number of hydrogen-bond donors (Lipinski definition) is 2. The highest BCUT2D eigenvalue weighted by molar-refractivity contribution is 6.32. The summed E-state index contributed by atoms with van der Waals surface area (Å²) in [7, 11) is 1.65. The van der Waals surface area contributed by atoms with Crippen molar-refractivity contribution in [2.24, 2.45) is 0 Å². The maximum Gasteiger partial charge on any atom is 0.287 e. The Morgan fingerprint density at radius 3 is 3.00 bits per heavy atom. The Kier molecular flexibility index (Phi) is 3.27. The van der Waals surface area contributed by atoms with Crippen molar-refractivity contribution in [2.75, 3.05) is 19.0 Å². The lowest BCUT2D eigenvalue weighted by atomic mass is 10.4. The van der Waals surface area contributed by atoms with E-state index in [4.69, 9.17) is 16.7 Å². The number of nitrogens with zero attached hydrogens (tertiary/aromatic N) is 2. The van der Waals surface area contributed by atoms with Gasteiger partial charge in [0.25, 0.3) is 5.56 Å². The second kappa shape index (κ2) is 4.25. The van der Waals surface area contributed by atoms with E-state index in [2.05, 4.69) is 10.4 Å². The molecular formula is C7H10ClN3O2. The van der Waals surface area contributed by atoms with Gasteiger partial charge in [0.15, 0.2) is 0 Å². The van der Waals surface area contributed by atoms with Crippen LogP contribution in [0.1, 0.15) is 0 Å². The predicted octanol–water partition coefficient (Wildman–Crippen LogP) is -0.0693. The molecule has 13 heavy (non-hydrogen) atoms. The van der Waals surface area contributed by atoms with Crippen LogP contribution < -0.4 is 10.9 Å². The van der Waals surface area contributed by atoms with Crippen LogP contribution in [0, 0.1) is 0 Å². The summed E-state index contributed by atoms with van der Waals surface area (Å²) in [4.78, 5) is 11.4. The highest BCUT2D eigenvalue weighted by Gasteiger charge is 2.06. The third kappa shape index (κ3) is 1.99. The Bertz CT molecular complexity index is 350. The summed E-state index contributed by atoms with van der Waals surface area (Å²) >= 11 is 5.72. The standard InChI is InChI=1S/C7H10ClN3O2/c1-9-5-4-10-11(2-3-12)7(13)6(5)8/h4,9,12H,2-3H2,1H3. The summed E-state index contributed by atoms with van der Waals surface area (Å²) in [6, 6.07) is 0. The second-order valence-corrected chi connectivity index (χ2v) is 2.75. The molecule has 0 saturated carbocycles. The van der Waals surface area contributed by atoms with E-state index in [1.54, 1.807) is 7.05 Å². The second-order valence-electron chi connectivity index (χ2n) is 2.37. The zero-order valence-corrected chi connectivity index (χ0v) is 7.88. The zero-order chi connectivity index (χ0) is 9.84. The summed E-state index contributed by atoms with van der Waals surface area (Å²) in [5.41, 5.74) is 0.0865. The topological polar surface area (TPSA) is 67.2 Å². The van der Waals surface area contributed by atoms with E-state index in [-0.39, 0.29) is 18.2 Å². The first-order chi connectivity index (χ1) is 6.20. The molecule has 0 aromatic carbocycles. The summed E-state index contributed by atoms with van der Waals surface area (Å²) in [5.74, 6) is 0. The van der Waals surface area contributed by atoms with Crippen molar-refractivity contribution in [1.29, 1.82) is 0 Å². The van der Waals surface area contributed by atoms with E-state index in [0.29, 0.717) is 5.69 Å². The van der Waals surface area contributed by atoms with Gasteiger partial charge in [-0.25, -0.2) is 4.68 Å². The molecule has 0 aliphatic rings. The monoisotopic (exact) mass is 203 g/mol. The minimum Gasteiger partial charge on any atom is -0.394 e. The number of rotatable bonds is 3. The first-order valence-electron chi connectivity index (χ1n) is 3.75. The average Bonchev–Trinajstić information content (AvgIpc) is 2.14. The largest absolute Gasteiger partial charge is 0.394 e. The Morgan fingerprint density at radius 1 is 1.77 bits per heavy atom. The van der Waals surface area contributed by atoms with Gasteiger partial charge >= 0.3 is 0 Å². The van der Waals surface area contributed by atoms with Crippen LogP contribution in [-0.2, 0) is 6.54 Å². The lowest BCUT2D eigenvalue weighted by Crippen LogP contribution is -2.25. The highest BCUT2D eigenvalue weighted by Crippen LogP contribution is 2.13. The minimum absolute atomic E-state index is 0.0888. The van der Waals surface area contributed by atoms with Gasteiger partial charge in [0.05, 0.1) is 25.0 Å². The summed E-state index contributed by atoms with van der Waals surface area (Å²) in [6.45, 7) is 0.0185. The Balaban J connectivity index is 3.16. The number of nitrogens with one attached hydrogen (secondary N) is 1. The lowest BCUT2D eigenvalue weighted by molar-refractivity contribution is 0.266. The molecule has 1 heterocycles. The van der Waals surface area contributed by atoms with Crippen LogP contribution in [0.15, 0.2) is 11.0 Å². The van der Waals surface area contributed by atoms with Crippen molar-refractivity contribution in [3.05, 3.63) is 21.6 Å². The quantitative estimate of drug-likeness (QED) is 0.722. The van der Waals surface area contributed by atoms with Gasteiger partial charge in [-0.15, -0.1) is 0 Å². The normalized spacial score (nSPS) is 10.1. The number of hydrogen-bond acceptors (Lipinski definition) is 4. The number of anilines is 1. The van der Waals surface area contributed by atoms with E-state index < -0.39 is 5.56 Å². The molecule has 0 atom stereocenters. The van der Waals surface area contributed by atoms with Crippen LogP contribution in [0.4, 0.5) is 5.69 Å². The third-order valence-corrected chi connectivity index (χ3v) is 1.93. The molecule has 72 valence electrons. The Hall–Kier alpha value is -1.07. The van der Waals surface area contributed by atoms with Crippen molar-refractivity contribution >= 4 is 17.3 Å².